The number of rotatable bonds is 12. The van der Waals surface area contributed by atoms with Gasteiger partial charge in [-0.15, -0.1) is 0 Å². The van der Waals surface area contributed by atoms with E-state index in [0.717, 1.165) is 12.2 Å². The van der Waals surface area contributed by atoms with Gasteiger partial charge in [0.2, 0.25) is 0 Å². The minimum Gasteiger partial charge on any atom is -0.508 e. The van der Waals surface area contributed by atoms with E-state index in [2.05, 4.69) is 12.2 Å². The number of hydrogen-bond acceptors (Lipinski definition) is 2. The maximum absolute atomic E-state index is 9.35. The molecule has 0 unspecified atom stereocenters. The monoisotopic (exact) mass is 277 g/mol. The molecule has 0 bridgehead atoms. The maximum Gasteiger partial charge on any atom is 0.117 e. The van der Waals surface area contributed by atoms with E-state index in [1.807, 2.05) is 12.1 Å². The third-order valence-corrected chi connectivity index (χ3v) is 3.71. The normalized spacial score (nSPS) is 10.7. The molecule has 114 valence electrons. The Kier molecular flexibility index (Phi) is 9.81. The number of anilines is 1. The Balaban J connectivity index is 1.85. The minimum atomic E-state index is 0.332. The van der Waals surface area contributed by atoms with Crippen LogP contribution in [0.2, 0.25) is 0 Å². The van der Waals surface area contributed by atoms with E-state index < -0.39 is 0 Å². The quantitative estimate of drug-likeness (QED) is 0.478. The Morgan fingerprint density at radius 3 is 2.05 bits per heavy atom. The van der Waals surface area contributed by atoms with E-state index in [1.54, 1.807) is 12.1 Å². The van der Waals surface area contributed by atoms with Gasteiger partial charge in [-0.2, -0.15) is 0 Å². The molecule has 0 spiro atoms. The Labute approximate surface area is 124 Å². The van der Waals surface area contributed by atoms with Crippen molar-refractivity contribution in [3.05, 3.63) is 24.3 Å². The number of nitrogens with one attached hydrogen (secondary N) is 1. The van der Waals surface area contributed by atoms with Crippen molar-refractivity contribution in [1.29, 1.82) is 0 Å². The van der Waals surface area contributed by atoms with Crippen molar-refractivity contribution >= 4 is 5.69 Å². The Morgan fingerprint density at radius 2 is 1.45 bits per heavy atom. The molecule has 1 rings (SSSR count). The van der Waals surface area contributed by atoms with Crippen LogP contribution in [-0.2, 0) is 0 Å². The van der Waals surface area contributed by atoms with Crippen LogP contribution in [-0.4, -0.2) is 11.7 Å². The largest absolute Gasteiger partial charge is 0.508 e. The summed E-state index contributed by atoms with van der Waals surface area (Å²) in [6.45, 7) is 3.27. The Morgan fingerprint density at radius 1 is 0.850 bits per heavy atom. The van der Waals surface area contributed by atoms with Gasteiger partial charge in [0, 0.05) is 18.3 Å². The van der Waals surface area contributed by atoms with E-state index in [0.29, 0.717) is 5.75 Å². The van der Waals surface area contributed by atoms with Gasteiger partial charge in [0.05, 0.1) is 0 Å². The number of phenolic OH excluding ortho intramolecular Hbond substituents is 1. The number of hydrogen-bond donors (Lipinski definition) is 2. The van der Waals surface area contributed by atoms with Gasteiger partial charge in [0.1, 0.15) is 5.75 Å². The predicted octanol–water partition coefficient (Wildman–Crippen LogP) is 5.73. The van der Waals surface area contributed by atoms with Crippen LogP contribution >= 0.6 is 0 Å². The van der Waals surface area contributed by atoms with Gasteiger partial charge in [-0.25, -0.2) is 0 Å². The van der Waals surface area contributed by atoms with Gasteiger partial charge in [-0.3, -0.25) is 0 Å². The highest BCUT2D eigenvalue weighted by Gasteiger charge is 1.95. The Hall–Kier alpha value is -1.18. The number of benzene rings is 1. The molecule has 20 heavy (non-hydrogen) atoms. The molecular weight excluding hydrogens is 246 g/mol. The van der Waals surface area contributed by atoms with E-state index in [4.69, 9.17) is 0 Å². The van der Waals surface area contributed by atoms with Crippen molar-refractivity contribution in [2.75, 3.05) is 11.9 Å². The lowest BCUT2D eigenvalue weighted by molar-refractivity contribution is 0.475. The lowest BCUT2D eigenvalue weighted by atomic mass is 10.1. The first-order valence-electron chi connectivity index (χ1n) is 8.36. The minimum absolute atomic E-state index is 0.332. The fourth-order valence-corrected chi connectivity index (χ4v) is 2.46. The van der Waals surface area contributed by atoms with Crippen molar-refractivity contribution < 1.29 is 5.11 Å². The molecule has 2 nitrogen and oxygen atoms in total. The molecule has 0 saturated heterocycles. The number of aromatic hydroxyl groups is 1. The zero-order valence-electron chi connectivity index (χ0n) is 13.0. The number of unbranched alkanes of at least 4 members (excludes halogenated alkanes) is 9. The third kappa shape index (κ3) is 8.84. The molecule has 0 aromatic heterocycles. The second kappa shape index (κ2) is 11.6. The maximum atomic E-state index is 9.35. The van der Waals surface area contributed by atoms with Crippen LogP contribution in [0, 0.1) is 0 Å². The molecule has 1 aromatic carbocycles. The summed E-state index contributed by atoms with van der Waals surface area (Å²) >= 11 is 0. The van der Waals surface area contributed by atoms with Gasteiger partial charge in [0.25, 0.3) is 0 Å². The average molecular weight is 277 g/mol. The zero-order chi connectivity index (χ0) is 14.5. The Bertz CT molecular complexity index is 338. The first-order valence-corrected chi connectivity index (χ1v) is 8.36. The van der Waals surface area contributed by atoms with E-state index in [1.165, 1.54) is 64.2 Å². The highest BCUT2D eigenvalue weighted by Crippen LogP contribution is 2.15. The molecule has 0 aliphatic carbocycles. The smallest absolute Gasteiger partial charge is 0.117 e. The van der Waals surface area contributed by atoms with Crippen molar-refractivity contribution in [1.82, 2.24) is 0 Å². The van der Waals surface area contributed by atoms with Gasteiger partial charge in [-0.1, -0.05) is 70.8 Å². The summed E-state index contributed by atoms with van der Waals surface area (Å²) in [6, 6.07) is 7.34. The van der Waals surface area contributed by atoms with E-state index in [9.17, 15) is 5.11 Å². The molecule has 0 atom stereocenters. The summed E-state index contributed by atoms with van der Waals surface area (Å²) < 4.78 is 0. The molecule has 0 aliphatic heterocycles. The molecule has 2 heteroatoms. The first kappa shape index (κ1) is 16.9. The molecule has 0 amide bonds. The van der Waals surface area contributed by atoms with E-state index in [-0.39, 0.29) is 0 Å². The van der Waals surface area contributed by atoms with Crippen LogP contribution in [0.1, 0.15) is 71.1 Å². The van der Waals surface area contributed by atoms with Crippen molar-refractivity contribution in [3.8, 4) is 5.75 Å². The molecule has 0 heterocycles. The molecule has 0 saturated carbocycles. The topological polar surface area (TPSA) is 32.3 Å². The summed E-state index contributed by atoms with van der Waals surface area (Å²) in [6.07, 6.45) is 13.7. The van der Waals surface area contributed by atoms with Crippen LogP contribution in [0.25, 0.3) is 0 Å². The average Bonchev–Trinajstić information content (AvgIpc) is 2.45. The second-order valence-corrected chi connectivity index (χ2v) is 5.66. The van der Waals surface area contributed by atoms with Crippen molar-refractivity contribution in [2.24, 2.45) is 0 Å². The van der Waals surface area contributed by atoms with Crippen LogP contribution < -0.4 is 5.32 Å². The van der Waals surface area contributed by atoms with Gasteiger partial charge in [-0.05, 0) is 18.6 Å². The van der Waals surface area contributed by atoms with Crippen LogP contribution in [0.3, 0.4) is 0 Å². The molecule has 0 aliphatic rings. The van der Waals surface area contributed by atoms with E-state index >= 15 is 0 Å². The van der Waals surface area contributed by atoms with Gasteiger partial charge < -0.3 is 10.4 Å². The molecule has 0 fully saturated rings. The fraction of sp³-hybridized carbons (Fsp3) is 0.667. The molecule has 2 N–H and O–H groups in total. The molecule has 0 radical (unpaired) electrons. The van der Waals surface area contributed by atoms with Crippen LogP contribution in [0.5, 0.6) is 5.75 Å². The summed E-state index contributed by atoms with van der Waals surface area (Å²) in [7, 11) is 0. The summed E-state index contributed by atoms with van der Waals surface area (Å²) in [5.74, 6) is 0.332. The highest BCUT2D eigenvalue weighted by molar-refractivity contribution is 5.47. The molecule has 1 aromatic rings. The van der Waals surface area contributed by atoms with Gasteiger partial charge >= 0.3 is 0 Å². The van der Waals surface area contributed by atoms with Crippen molar-refractivity contribution in [3.63, 3.8) is 0 Å². The highest BCUT2D eigenvalue weighted by atomic mass is 16.3. The zero-order valence-corrected chi connectivity index (χ0v) is 13.0. The van der Waals surface area contributed by atoms with Crippen LogP contribution in [0.4, 0.5) is 5.69 Å². The van der Waals surface area contributed by atoms with Crippen molar-refractivity contribution in [2.45, 2.75) is 71.1 Å². The standard InChI is InChI=1S/C18H31NO/c1-2-3-4-5-6-7-8-9-10-11-15-19-17-13-12-14-18(20)16-17/h12-14,16,19-20H,2-11,15H2,1H3. The lowest BCUT2D eigenvalue weighted by Gasteiger charge is -2.06. The number of phenols is 1. The van der Waals surface area contributed by atoms with Crippen LogP contribution in [0.15, 0.2) is 24.3 Å². The lowest BCUT2D eigenvalue weighted by Crippen LogP contribution is -2.00. The third-order valence-electron chi connectivity index (χ3n) is 3.71. The summed E-state index contributed by atoms with van der Waals surface area (Å²) in [5, 5.41) is 12.7. The first-order chi connectivity index (χ1) is 9.83. The fourth-order valence-electron chi connectivity index (χ4n) is 2.46. The predicted molar refractivity (Wildman–Crippen MR) is 88.4 cm³/mol. The summed E-state index contributed by atoms with van der Waals surface area (Å²) in [5.41, 5.74) is 1.01. The SMILES string of the molecule is CCCCCCCCCCCCNc1cccc(O)c1. The second-order valence-electron chi connectivity index (χ2n) is 5.66. The molecular formula is C18H31NO. The summed E-state index contributed by atoms with van der Waals surface area (Å²) in [4.78, 5) is 0. The van der Waals surface area contributed by atoms with Gasteiger partial charge in [0.15, 0.2) is 0 Å².